The summed E-state index contributed by atoms with van der Waals surface area (Å²) >= 11 is 0. The van der Waals surface area contributed by atoms with Gasteiger partial charge in [0.25, 0.3) is 0 Å². The molecule has 1 amide bonds. The maximum absolute atomic E-state index is 12.0. The minimum Gasteiger partial charge on any atom is -0.395 e. The van der Waals surface area contributed by atoms with Crippen molar-refractivity contribution in [3.8, 4) is 0 Å². The summed E-state index contributed by atoms with van der Waals surface area (Å²) in [6.07, 6.45) is 4.59. The van der Waals surface area contributed by atoms with Gasteiger partial charge in [-0.15, -0.1) is 0 Å². The molecule has 6 nitrogen and oxygen atoms in total. The van der Waals surface area contributed by atoms with Gasteiger partial charge in [0.15, 0.2) is 0 Å². The average Bonchev–Trinajstić information content (AvgIpc) is 3.27. The summed E-state index contributed by atoms with van der Waals surface area (Å²) in [5.41, 5.74) is 0. The fraction of sp³-hybridized carbons (Fsp3) is 0.938. The molecule has 0 aromatic rings. The first-order chi connectivity index (χ1) is 10.6. The molecule has 2 aliphatic rings. The fourth-order valence-corrected chi connectivity index (χ4v) is 3.30. The molecule has 0 unspecified atom stereocenters. The molecule has 1 heterocycles. The second-order valence-corrected chi connectivity index (χ2v) is 6.64. The van der Waals surface area contributed by atoms with Gasteiger partial charge < -0.3 is 20.6 Å². The fourth-order valence-electron chi connectivity index (χ4n) is 3.30. The zero-order chi connectivity index (χ0) is 16.1. The van der Waals surface area contributed by atoms with Crippen LogP contribution < -0.4 is 5.32 Å². The second-order valence-electron chi connectivity index (χ2n) is 6.64. The first kappa shape index (κ1) is 17.7. The second kappa shape index (κ2) is 8.24. The van der Waals surface area contributed by atoms with Crippen LogP contribution in [-0.4, -0.2) is 69.6 Å². The van der Waals surface area contributed by atoms with E-state index in [1.807, 2.05) is 4.90 Å². The summed E-state index contributed by atoms with van der Waals surface area (Å²) in [6, 6.07) is -0.592. The molecule has 1 saturated carbocycles. The largest absolute Gasteiger partial charge is 0.395 e. The van der Waals surface area contributed by atoms with Crippen LogP contribution in [0.5, 0.6) is 0 Å². The molecule has 0 aromatic carbocycles. The maximum Gasteiger partial charge on any atom is 0.221 e. The molecule has 1 aliphatic carbocycles. The topological polar surface area (TPSA) is 93.0 Å². The van der Waals surface area contributed by atoms with Crippen molar-refractivity contribution in [3.05, 3.63) is 0 Å². The van der Waals surface area contributed by atoms with Crippen molar-refractivity contribution in [2.75, 3.05) is 13.2 Å². The van der Waals surface area contributed by atoms with E-state index in [9.17, 15) is 20.1 Å². The van der Waals surface area contributed by atoms with Crippen LogP contribution in [0, 0.1) is 0 Å². The van der Waals surface area contributed by atoms with Crippen LogP contribution in [0.3, 0.4) is 0 Å². The zero-order valence-electron chi connectivity index (χ0n) is 13.4. The van der Waals surface area contributed by atoms with Crippen LogP contribution in [0.15, 0.2) is 0 Å². The Morgan fingerprint density at radius 3 is 2.41 bits per heavy atom. The Bertz CT molecular complexity index is 362. The number of unbranched alkanes of at least 4 members (excludes halogenated alkanes) is 3. The molecular formula is C16H30N2O4. The molecule has 6 heteroatoms. The van der Waals surface area contributed by atoms with E-state index in [0.29, 0.717) is 12.6 Å². The predicted molar refractivity (Wildman–Crippen MR) is 83.3 cm³/mol. The smallest absolute Gasteiger partial charge is 0.221 e. The Hall–Kier alpha value is -0.690. The van der Waals surface area contributed by atoms with Gasteiger partial charge in [0, 0.05) is 18.5 Å². The highest BCUT2D eigenvalue weighted by Gasteiger charge is 2.47. The third-order valence-corrected chi connectivity index (χ3v) is 4.78. The minimum absolute atomic E-state index is 0.0732. The molecular weight excluding hydrogens is 284 g/mol. The van der Waals surface area contributed by atoms with Gasteiger partial charge in [-0.05, 0) is 25.8 Å². The lowest BCUT2D eigenvalue weighted by molar-refractivity contribution is -0.123. The molecule has 0 radical (unpaired) electrons. The summed E-state index contributed by atoms with van der Waals surface area (Å²) in [4.78, 5) is 14.0. The van der Waals surface area contributed by atoms with E-state index >= 15 is 0 Å². The average molecular weight is 314 g/mol. The normalized spacial score (nSPS) is 32.4. The van der Waals surface area contributed by atoms with Crippen molar-refractivity contribution in [1.82, 2.24) is 10.2 Å². The molecule has 128 valence electrons. The predicted octanol–water partition coefficient (Wildman–Crippen LogP) is 0.00230. The monoisotopic (exact) mass is 314 g/mol. The van der Waals surface area contributed by atoms with Crippen LogP contribution in [0.4, 0.5) is 0 Å². The molecule has 0 spiro atoms. The number of aliphatic hydroxyl groups excluding tert-OH is 3. The Balaban J connectivity index is 1.93. The number of hydrogen-bond acceptors (Lipinski definition) is 5. The standard InChI is InChI=1S/C16H30N2O4/c1-2-3-4-5-8-18-12(9-14(20)17-11-6-7-11)15(21)16(22)13(18)10-19/h11-13,15-16,19,21-22H,2-10H2,1H3,(H,17,20)/t12-,13-,15+,16-/m1/s1. The molecule has 1 saturated heterocycles. The van der Waals surface area contributed by atoms with Crippen molar-refractivity contribution < 1.29 is 20.1 Å². The summed E-state index contributed by atoms with van der Waals surface area (Å²) < 4.78 is 0. The number of likely N-dealkylation sites (tertiary alicyclic amines) is 1. The van der Waals surface area contributed by atoms with Gasteiger partial charge >= 0.3 is 0 Å². The van der Waals surface area contributed by atoms with Gasteiger partial charge in [-0.1, -0.05) is 26.2 Å². The number of aliphatic hydroxyl groups is 3. The number of hydrogen-bond donors (Lipinski definition) is 4. The zero-order valence-corrected chi connectivity index (χ0v) is 13.4. The highest BCUT2D eigenvalue weighted by Crippen LogP contribution is 2.28. The van der Waals surface area contributed by atoms with E-state index in [1.54, 1.807) is 0 Å². The van der Waals surface area contributed by atoms with Gasteiger partial charge in [0.05, 0.1) is 24.9 Å². The van der Waals surface area contributed by atoms with Crippen LogP contribution in [-0.2, 0) is 4.79 Å². The molecule has 4 N–H and O–H groups in total. The van der Waals surface area contributed by atoms with Crippen LogP contribution in [0.25, 0.3) is 0 Å². The Kier molecular flexibility index (Phi) is 6.62. The van der Waals surface area contributed by atoms with Crippen molar-refractivity contribution in [2.45, 2.75) is 82.2 Å². The number of carbonyl (C=O) groups excluding carboxylic acids is 1. The molecule has 0 bridgehead atoms. The number of nitrogens with one attached hydrogen (secondary N) is 1. The maximum atomic E-state index is 12.0. The molecule has 22 heavy (non-hydrogen) atoms. The molecule has 0 aromatic heterocycles. The molecule has 2 fully saturated rings. The number of carbonyl (C=O) groups is 1. The van der Waals surface area contributed by atoms with Gasteiger partial charge in [-0.25, -0.2) is 0 Å². The first-order valence-electron chi connectivity index (χ1n) is 8.60. The third kappa shape index (κ3) is 4.41. The van der Waals surface area contributed by atoms with Crippen LogP contribution >= 0.6 is 0 Å². The first-order valence-corrected chi connectivity index (χ1v) is 8.60. The lowest BCUT2D eigenvalue weighted by Crippen LogP contribution is -2.44. The van der Waals surface area contributed by atoms with E-state index in [1.165, 1.54) is 0 Å². The Morgan fingerprint density at radius 1 is 1.14 bits per heavy atom. The van der Waals surface area contributed by atoms with Gasteiger partial charge in [0.1, 0.15) is 0 Å². The van der Waals surface area contributed by atoms with Crippen LogP contribution in [0.2, 0.25) is 0 Å². The molecule has 1 aliphatic heterocycles. The molecule has 4 atom stereocenters. The molecule has 2 rings (SSSR count). The van der Waals surface area contributed by atoms with E-state index < -0.39 is 24.3 Å². The third-order valence-electron chi connectivity index (χ3n) is 4.78. The van der Waals surface area contributed by atoms with E-state index in [2.05, 4.69) is 12.2 Å². The lowest BCUT2D eigenvalue weighted by Gasteiger charge is -2.29. The van der Waals surface area contributed by atoms with E-state index in [-0.39, 0.29) is 18.9 Å². The Labute approximate surface area is 132 Å². The van der Waals surface area contributed by atoms with Crippen LogP contribution in [0.1, 0.15) is 51.9 Å². The summed E-state index contributed by atoms with van der Waals surface area (Å²) in [5, 5.41) is 32.8. The van der Waals surface area contributed by atoms with Crippen molar-refractivity contribution in [2.24, 2.45) is 0 Å². The van der Waals surface area contributed by atoms with Crippen molar-refractivity contribution >= 4 is 5.91 Å². The SMILES string of the molecule is CCCCCCN1[C@H](CC(=O)NC2CC2)[C@H](O)[C@H](O)[C@H]1CO. The van der Waals surface area contributed by atoms with Gasteiger partial charge in [-0.2, -0.15) is 0 Å². The summed E-state index contributed by atoms with van der Waals surface area (Å²) in [7, 11) is 0. The minimum atomic E-state index is -0.991. The van der Waals surface area contributed by atoms with E-state index in [0.717, 1.165) is 38.5 Å². The Morgan fingerprint density at radius 2 is 1.82 bits per heavy atom. The lowest BCUT2D eigenvalue weighted by atomic mass is 10.1. The van der Waals surface area contributed by atoms with Crippen molar-refractivity contribution in [1.29, 1.82) is 0 Å². The number of amides is 1. The highest BCUT2D eigenvalue weighted by molar-refractivity contribution is 5.77. The van der Waals surface area contributed by atoms with Crippen molar-refractivity contribution in [3.63, 3.8) is 0 Å². The van der Waals surface area contributed by atoms with E-state index in [4.69, 9.17) is 0 Å². The summed E-state index contributed by atoms with van der Waals surface area (Å²) in [5.74, 6) is -0.0732. The number of rotatable bonds is 9. The summed E-state index contributed by atoms with van der Waals surface area (Å²) in [6.45, 7) is 2.64. The van der Waals surface area contributed by atoms with Gasteiger partial charge in [-0.3, -0.25) is 9.69 Å². The highest BCUT2D eigenvalue weighted by atomic mass is 16.3. The quantitative estimate of drug-likeness (QED) is 0.450. The van der Waals surface area contributed by atoms with Gasteiger partial charge in [0.2, 0.25) is 5.91 Å². The number of nitrogens with zero attached hydrogens (tertiary/aromatic N) is 1.